The number of aromatic nitrogens is 3. The van der Waals surface area contributed by atoms with E-state index in [-0.39, 0.29) is 31.0 Å². The summed E-state index contributed by atoms with van der Waals surface area (Å²) in [5, 5.41) is 34.5. The second-order valence-corrected chi connectivity index (χ2v) is 8.91. The van der Waals surface area contributed by atoms with E-state index in [9.17, 15) is 39.3 Å². The number of aliphatic carboxylic acids is 2. The van der Waals surface area contributed by atoms with Gasteiger partial charge in [-0.15, -0.1) is 0 Å². The number of nitrogens with zero attached hydrogens (tertiary/aromatic N) is 2. The summed E-state index contributed by atoms with van der Waals surface area (Å²) in [6, 6.07) is 4.06. The lowest BCUT2D eigenvalue weighted by atomic mass is 10.0. The minimum Gasteiger partial charge on any atom is -0.493 e. The van der Waals surface area contributed by atoms with Crippen molar-refractivity contribution in [1.29, 1.82) is 0 Å². The molecule has 2 amide bonds. The van der Waals surface area contributed by atoms with Gasteiger partial charge in [0, 0.05) is 30.1 Å². The number of carbonyl (C=O) groups is 4. The number of imidazole rings is 1. The first-order valence-corrected chi connectivity index (χ1v) is 12.1. The Morgan fingerprint density at radius 1 is 1.07 bits per heavy atom. The van der Waals surface area contributed by atoms with Crippen molar-refractivity contribution in [2.75, 3.05) is 6.54 Å². The molecule has 0 unspecified atom stereocenters. The molecule has 0 spiro atoms. The number of benzene rings is 1. The Kier molecular flexibility index (Phi) is 9.51. The number of nitrogens with one attached hydrogen (secondary N) is 4. The van der Waals surface area contributed by atoms with Crippen LogP contribution < -0.4 is 27.8 Å². The van der Waals surface area contributed by atoms with Gasteiger partial charge in [-0.1, -0.05) is 18.2 Å². The molecule has 2 heterocycles. The molecule has 11 N–H and O–H groups in total. The quantitative estimate of drug-likeness (QED) is 0.0617. The second kappa shape index (κ2) is 13.0. The van der Waals surface area contributed by atoms with Crippen molar-refractivity contribution in [3.8, 4) is 5.88 Å². The fourth-order valence-electron chi connectivity index (χ4n) is 4.06. The van der Waals surface area contributed by atoms with Crippen molar-refractivity contribution in [2.24, 2.45) is 16.5 Å². The predicted molar refractivity (Wildman–Crippen MR) is 141 cm³/mol. The molecule has 1 aromatic carbocycles. The monoisotopic (exact) mass is 558 g/mol. The zero-order valence-corrected chi connectivity index (χ0v) is 21.2. The van der Waals surface area contributed by atoms with E-state index < -0.39 is 60.4 Å². The number of para-hydroxylation sites is 1. The smallest absolute Gasteiger partial charge is 0.329 e. The van der Waals surface area contributed by atoms with Crippen LogP contribution in [-0.4, -0.2) is 78.2 Å². The zero-order valence-electron chi connectivity index (χ0n) is 21.2. The minimum absolute atomic E-state index is 0.112. The van der Waals surface area contributed by atoms with Gasteiger partial charge in [-0.2, -0.15) is 0 Å². The summed E-state index contributed by atoms with van der Waals surface area (Å²) in [4.78, 5) is 70.3. The Morgan fingerprint density at radius 2 is 1.80 bits per heavy atom. The van der Waals surface area contributed by atoms with E-state index in [4.69, 9.17) is 11.5 Å². The topological polar surface area (TPSA) is 271 Å². The normalized spacial score (nSPS) is 12.4. The van der Waals surface area contributed by atoms with Gasteiger partial charge in [-0.25, -0.2) is 9.59 Å². The number of hydrogen-bond donors (Lipinski definition) is 9. The lowest BCUT2D eigenvalue weighted by Gasteiger charge is -2.20. The number of aryl methyl sites for hydroxylation is 1. The summed E-state index contributed by atoms with van der Waals surface area (Å²) >= 11 is 0. The van der Waals surface area contributed by atoms with Crippen LogP contribution in [0.4, 0.5) is 0 Å². The molecule has 0 saturated carbocycles. The van der Waals surface area contributed by atoms with Crippen LogP contribution in [-0.2, 0) is 38.6 Å². The SMILES string of the molecule is NC(N)=NCCCc1[nH]c(=O)n(CC(=O)N[C@@H](CC(=O)O)C(=O)N[C@@H](Cc2c[nH]c3ccccc23)C(=O)O)c1O. The average molecular weight is 559 g/mol. The van der Waals surface area contributed by atoms with Gasteiger partial charge in [0.25, 0.3) is 0 Å². The number of rotatable bonds is 14. The van der Waals surface area contributed by atoms with Crippen LogP contribution in [0.25, 0.3) is 10.9 Å². The van der Waals surface area contributed by atoms with Gasteiger partial charge < -0.3 is 47.4 Å². The molecule has 16 heteroatoms. The number of carbonyl (C=O) groups excluding carboxylic acids is 2. The van der Waals surface area contributed by atoms with E-state index in [1.165, 1.54) is 0 Å². The molecule has 2 aromatic heterocycles. The number of carboxylic acid groups (broad SMARTS) is 2. The van der Waals surface area contributed by atoms with E-state index in [2.05, 4.69) is 25.6 Å². The van der Waals surface area contributed by atoms with Crippen LogP contribution in [0.3, 0.4) is 0 Å². The third-order valence-corrected chi connectivity index (χ3v) is 5.95. The van der Waals surface area contributed by atoms with Crippen molar-refractivity contribution in [3.63, 3.8) is 0 Å². The highest BCUT2D eigenvalue weighted by atomic mass is 16.4. The highest BCUT2D eigenvalue weighted by molar-refractivity contribution is 5.93. The van der Waals surface area contributed by atoms with Crippen molar-refractivity contribution >= 4 is 40.6 Å². The molecule has 0 radical (unpaired) electrons. The highest BCUT2D eigenvalue weighted by Crippen LogP contribution is 2.19. The van der Waals surface area contributed by atoms with E-state index in [0.717, 1.165) is 10.9 Å². The van der Waals surface area contributed by atoms with Gasteiger partial charge in [0.1, 0.15) is 18.6 Å². The first-order valence-electron chi connectivity index (χ1n) is 12.1. The highest BCUT2D eigenvalue weighted by Gasteiger charge is 2.29. The summed E-state index contributed by atoms with van der Waals surface area (Å²) in [5.74, 6) is -5.44. The van der Waals surface area contributed by atoms with E-state index in [1.807, 2.05) is 0 Å². The molecule has 16 nitrogen and oxygen atoms in total. The Morgan fingerprint density at radius 3 is 2.48 bits per heavy atom. The van der Waals surface area contributed by atoms with Crippen LogP contribution in [0.1, 0.15) is 24.1 Å². The number of hydrogen-bond acceptors (Lipinski definition) is 7. The van der Waals surface area contributed by atoms with Gasteiger partial charge in [0.15, 0.2) is 5.96 Å². The molecule has 0 aliphatic carbocycles. The first kappa shape index (κ1) is 29.3. The maximum Gasteiger partial charge on any atom is 0.329 e. The molecule has 40 heavy (non-hydrogen) atoms. The number of aliphatic imine (C=N–C) groups is 1. The molecule has 214 valence electrons. The van der Waals surface area contributed by atoms with Crippen molar-refractivity contribution in [2.45, 2.75) is 44.3 Å². The van der Waals surface area contributed by atoms with Crippen LogP contribution in [0.2, 0.25) is 0 Å². The Balaban J connectivity index is 1.68. The van der Waals surface area contributed by atoms with Gasteiger partial charge in [-0.05, 0) is 24.5 Å². The third kappa shape index (κ3) is 7.62. The van der Waals surface area contributed by atoms with Crippen LogP contribution in [0.5, 0.6) is 5.88 Å². The largest absolute Gasteiger partial charge is 0.493 e. The van der Waals surface area contributed by atoms with E-state index in [1.54, 1.807) is 30.5 Å². The number of guanidine groups is 1. The predicted octanol–water partition coefficient (Wildman–Crippen LogP) is -1.66. The number of fused-ring (bicyclic) bond motifs is 1. The maximum atomic E-state index is 12.9. The molecule has 0 fully saturated rings. The van der Waals surface area contributed by atoms with Gasteiger partial charge in [-0.3, -0.25) is 23.9 Å². The van der Waals surface area contributed by atoms with Gasteiger partial charge in [0.2, 0.25) is 17.7 Å². The summed E-state index contributed by atoms with van der Waals surface area (Å²) in [7, 11) is 0. The average Bonchev–Trinajstić information content (AvgIpc) is 3.41. The second-order valence-electron chi connectivity index (χ2n) is 8.91. The van der Waals surface area contributed by atoms with Crippen LogP contribution >= 0.6 is 0 Å². The lowest BCUT2D eigenvalue weighted by molar-refractivity contribution is -0.143. The number of aromatic hydroxyl groups is 1. The zero-order chi connectivity index (χ0) is 29.4. The molecule has 0 saturated heterocycles. The Labute approximate surface area is 226 Å². The fraction of sp³-hybridized carbons (Fsp3) is 0.333. The van der Waals surface area contributed by atoms with Crippen molar-refractivity contribution in [3.05, 3.63) is 52.2 Å². The number of amides is 2. The van der Waals surface area contributed by atoms with Crippen LogP contribution in [0.15, 0.2) is 40.2 Å². The molecule has 0 bridgehead atoms. The number of H-pyrrole nitrogens is 2. The summed E-state index contributed by atoms with van der Waals surface area (Å²) in [6.45, 7) is -0.505. The van der Waals surface area contributed by atoms with E-state index in [0.29, 0.717) is 16.6 Å². The van der Waals surface area contributed by atoms with Gasteiger partial charge in [0.05, 0.1) is 12.1 Å². The van der Waals surface area contributed by atoms with Crippen LogP contribution in [0, 0.1) is 0 Å². The number of carboxylic acids is 2. The Bertz CT molecular complexity index is 1480. The fourth-order valence-corrected chi connectivity index (χ4v) is 4.06. The standard InChI is InChI=1S/C24H30N8O8/c25-23(26)27-7-3-6-15-21(37)32(24(40)31-15)11-18(33)29-16(9-19(34)35)20(36)30-17(22(38)39)8-12-10-28-14-5-2-1-4-13(12)14/h1-2,4-5,10,16-17,28,37H,3,6-9,11H2,(H,29,33)(H,30,36)(H,31,40)(H,34,35)(H,38,39)(H4,25,26,27)/t16-,17-/m0/s1. The maximum absolute atomic E-state index is 12.9. The third-order valence-electron chi connectivity index (χ3n) is 5.95. The number of nitrogens with two attached hydrogens (primary N) is 2. The van der Waals surface area contributed by atoms with E-state index >= 15 is 0 Å². The Hall–Kier alpha value is -5.28. The molecule has 0 aliphatic rings. The number of aromatic amines is 2. The molecule has 3 rings (SSSR count). The molecule has 2 atom stereocenters. The summed E-state index contributed by atoms with van der Waals surface area (Å²) in [5.41, 5.74) is 11.2. The molecule has 3 aromatic rings. The molecular formula is C24H30N8O8. The lowest BCUT2D eigenvalue weighted by Crippen LogP contribution is -2.53. The van der Waals surface area contributed by atoms with Crippen molar-refractivity contribution in [1.82, 2.24) is 25.2 Å². The van der Waals surface area contributed by atoms with Crippen molar-refractivity contribution < 1.29 is 34.5 Å². The first-order chi connectivity index (χ1) is 19.0. The minimum atomic E-state index is -1.66. The molecule has 0 aliphatic heterocycles. The summed E-state index contributed by atoms with van der Waals surface area (Å²) in [6.07, 6.45) is 1.20. The summed E-state index contributed by atoms with van der Waals surface area (Å²) < 4.78 is 0.706. The van der Waals surface area contributed by atoms with Gasteiger partial charge >= 0.3 is 17.6 Å². The molecular weight excluding hydrogens is 528 g/mol.